The van der Waals surface area contributed by atoms with Gasteiger partial charge in [0.2, 0.25) is 0 Å². The van der Waals surface area contributed by atoms with E-state index < -0.39 is 22.3 Å². The first-order chi connectivity index (χ1) is 14.8. The van der Waals surface area contributed by atoms with Crippen LogP contribution in [0.1, 0.15) is 80.1 Å². The van der Waals surface area contributed by atoms with Crippen molar-refractivity contribution in [3.63, 3.8) is 0 Å². The number of hydrogen-bond donors (Lipinski definition) is 3. The van der Waals surface area contributed by atoms with Crippen LogP contribution in [0.15, 0.2) is 46.3 Å². The van der Waals surface area contributed by atoms with E-state index in [1.54, 1.807) is 6.92 Å². The van der Waals surface area contributed by atoms with Crippen molar-refractivity contribution in [1.29, 1.82) is 0 Å². The summed E-state index contributed by atoms with van der Waals surface area (Å²) in [5.41, 5.74) is 4.86. The number of phosphoric ester groups is 1. The lowest BCUT2D eigenvalue weighted by atomic mass is 10.0. The molecule has 186 valence electrons. The highest BCUT2D eigenvalue weighted by Crippen LogP contribution is 2.57. The highest BCUT2D eigenvalue weighted by atomic mass is 31.3. The Hall–Kier alpha value is -0.980. The molecular weight excluding hydrogens is 454 g/mol. The van der Waals surface area contributed by atoms with E-state index in [1.165, 1.54) is 16.7 Å². The van der Waals surface area contributed by atoms with Crippen molar-refractivity contribution in [2.75, 3.05) is 13.2 Å². The number of rotatable bonds is 16. The Balaban J connectivity index is 4.68. The van der Waals surface area contributed by atoms with Crippen LogP contribution in [-0.4, -0.2) is 27.9 Å². The molecule has 8 nitrogen and oxygen atoms in total. The molecule has 1 unspecified atom stereocenters. The molecule has 0 saturated heterocycles. The molecule has 0 aliphatic rings. The van der Waals surface area contributed by atoms with Crippen LogP contribution in [0.2, 0.25) is 0 Å². The van der Waals surface area contributed by atoms with Crippen molar-refractivity contribution in [1.82, 2.24) is 0 Å². The monoisotopic (exact) mass is 494 g/mol. The predicted molar refractivity (Wildman–Crippen MR) is 128 cm³/mol. The van der Waals surface area contributed by atoms with Gasteiger partial charge < -0.3 is 19.4 Å². The number of ether oxygens (including phenoxy) is 1. The van der Waals surface area contributed by atoms with Gasteiger partial charge in [0.05, 0.1) is 6.61 Å². The molecule has 0 aromatic carbocycles. The Morgan fingerprint density at radius 1 is 0.812 bits per heavy atom. The maximum absolute atomic E-state index is 11.6. The molecular formula is C22H40O8P2. The van der Waals surface area contributed by atoms with Crippen LogP contribution in [0.3, 0.4) is 0 Å². The summed E-state index contributed by atoms with van der Waals surface area (Å²) in [7, 11) is -10.1. The van der Waals surface area contributed by atoms with Gasteiger partial charge in [-0.1, -0.05) is 34.9 Å². The highest BCUT2D eigenvalue weighted by molar-refractivity contribution is 7.60. The third-order valence-electron chi connectivity index (χ3n) is 4.50. The average molecular weight is 495 g/mol. The van der Waals surface area contributed by atoms with Crippen LogP contribution in [0.5, 0.6) is 0 Å². The SMILES string of the molecule is CCO/C(COP(=O)(O)OP(=O)(O)O)=C(/C)CC/C=C(\C)CC/C=C(\C)CCC=C(C)C. The second-order valence-corrected chi connectivity index (χ2v) is 10.8. The van der Waals surface area contributed by atoms with E-state index in [1.807, 2.05) is 6.92 Å². The molecule has 0 bridgehead atoms. The van der Waals surface area contributed by atoms with Gasteiger partial charge in [0.1, 0.15) is 12.4 Å². The lowest BCUT2D eigenvalue weighted by Crippen LogP contribution is -2.05. The van der Waals surface area contributed by atoms with Crippen molar-refractivity contribution in [2.24, 2.45) is 0 Å². The van der Waals surface area contributed by atoms with Crippen molar-refractivity contribution in [2.45, 2.75) is 80.1 Å². The molecule has 0 aromatic rings. The van der Waals surface area contributed by atoms with E-state index in [0.29, 0.717) is 18.8 Å². The number of phosphoric acid groups is 2. The molecule has 0 aliphatic heterocycles. The zero-order valence-electron chi connectivity index (χ0n) is 20.2. The summed E-state index contributed by atoms with van der Waals surface area (Å²) in [6.45, 7) is 12.0. The standard InChI is InChI=1S/C22H40O8P2/c1-7-28-22(17-29-32(26,27)30-31(23,24)25)21(6)16-10-15-20(5)14-9-13-19(4)12-8-11-18(2)3/h11,13,15H,7-10,12,14,16-17H2,1-6H3,(H,26,27)(H2,23,24,25)/b19-13+,20-15+,22-21-. The third kappa shape index (κ3) is 17.6. The largest absolute Gasteiger partial charge is 0.496 e. The van der Waals surface area contributed by atoms with E-state index in [-0.39, 0.29) is 0 Å². The Morgan fingerprint density at radius 3 is 1.78 bits per heavy atom. The molecule has 0 saturated carbocycles. The van der Waals surface area contributed by atoms with Gasteiger partial charge in [-0.3, -0.25) is 4.52 Å². The highest BCUT2D eigenvalue weighted by Gasteiger charge is 2.32. The maximum Gasteiger partial charge on any atom is 0.481 e. The molecule has 0 rings (SSSR count). The summed E-state index contributed by atoms with van der Waals surface area (Å²) in [5.74, 6) is 0.345. The van der Waals surface area contributed by atoms with Crippen molar-refractivity contribution in [3.05, 3.63) is 46.3 Å². The van der Waals surface area contributed by atoms with Crippen LogP contribution in [0.4, 0.5) is 0 Å². The van der Waals surface area contributed by atoms with E-state index >= 15 is 0 Å². The summed E-state index contributed by atoms with van der Waals surface area (Å²) in [5, 5.41) is 0. The molecule has 0 heterocycles. The van der Waals surface area contributed by atoms with E-state index in [0.717, 1.165) is 37.7 Å². The second kappa shape index (κ2) is 15.8. The Labute approximate surface area is 192 Å². The van der Waals surface area contributed by atoms with Crippen LogP contribution in [0.25, 0.3) is 0 Å². The summed E-state index contributed by atoms with van der Waals surface area (Å²) in [6, 6.07) is 0. The Kier molecular flexibility index (Phi) is 15.3. The third-order valence-corrected chi connectivity index (χ3v) is 6.63. The van der Waals surface area contributed by atoms with Crippen LogP contribution in [-0.2, 0) is 22.7 Å². The fraction of sp³-hybridized carbons (Fsp3) is 0.636. The molecule has 0 radical (unpaired) electrons. The van der Waals surface area contributed by atoms with Gasteiger partial charge in [-0.15, -0.1) is 0 Å². The first-order valence-electron chi connectivity index (χ1n) is 10.8. The topological polar surface area (TPSA) is 123 Å². The van der Waals surface area contributed by atoms with Crippen molar-refractivity contribution in [3.8, 4) is 0 Å². The maximum atomic E-state index is 11.6. The minimum atomic E-state index is -5.15. The zero-order chi connectivity index (χ0) is 24.8. The minimum absolute atomic E-state index is 0.319. The van der Waals surface area contributed by atoms with Gasteiger partial charge in [0, 0.05) is 0 Å². The smallest absolute Gasteiger partial charge is 0.481 e. The molecule has 32 heavy (non-hydrogen) atoms. The van der Waals surface area contributed by atoms with Gasteiger partial charge in [-0.2, -0.15) is 4.31 Å². The van der Waals surface area contributed by atoms with E-state index in [4.69, 9.17) is 14.5 Å². The molecule has 3 N–H and O–H groups in total. The summed E-state index contributed by atoms with van der Waals surface area (Å²) < 4.78 is 36.3. The first kappa shape index (κ1) is 31.0. The van der Waals surface area contributed by atoms with Gasteiger partial charge in [-0.25, -0.2) is 9.13 Å². The lowest BCUT2D eigenvalue weighted by Gasteiger charge is -2.16. The Bertz CT molecular complexity index is 786. The van der Waals surface area contributed by atoms with Gasteiger partial charge in [0.25, 0.3) is 0 Å². The fourth-order valence-corrected chi connectivity index (χ4v) is 4.32. The summed E-state index contributed by atoms with van der Waals surface area (Å²) in [4.78, 5) is 26.8. The lowest BCUT2D eigenvalue weighted by molar-refractivity contribution is 0.141. The average Bonchev–Trinajstić information content (AvgIpc) is 2.62. The van der Waals surface area contributed by atoms with Crippen LogP contribution in [0, 0.1) is 0 Å². The summed E-state index contributed by atoms with van der Waals surface area (Å²) in [6.07, 6.45) is 12.3. The molecule has 0 aromatic heterocycles. The Morgan fingerprint density at radius 2 is 1.31 bits per heavy atom. The molecule has 1 atom stereocenters. The van der Waals surface area contributed by atoms with Crippen molar-refractivity contribution >= 4 is 15.6 Å². The molecule has 0 amide bonds. The summed E-state index contributed by atoms with van der Waals surface area (Å²) >= 11 is 0. The fourth-order valence-electron chi connectivity index (χ4n) is 2.77. The van der Waals surface area contributed by atoms with Crippen LogP contribution < -0.4 is 0 Å². The second-order valence-electron chi connectivity index (χ2n) is 7.95. The predicted octanol–water partition coefficient (Wildman–Crippen LogP) is 6.72. The normalized spacial score (nSPS) is 15.8. The van der Waals surface area contributed by atoms with E-state index in [9.17, 15) is 14.0 Å². The first-order valence-corrected chi connectivity index (χ1v) is 13.8. The number of hydrogen-bond acceptors (Lipinski definition) is 5. The van der Waals surface area contributed by atoms with Crippen LogP contribution >= 0.6 is 15.6 Å². The zero-order valence-corrected chi connectivity index (χ0v) is 22.0. The number of allylic oxidation sites excluding steroid dienone is 7. The molecule has 0 aliphatic carbocycles. The van der Waals surface area contributed by atoms with Gasteiger partial charge in [0.15, 0.2) is 0 Å². The molecule has 0 fully saturated rings. The quantitative estimate of drug-likeness (QED) is 0.123. The molecule has 0 spiro atoms. The molecule has 10 heteroatoms. The van der Waals surface area contributed by atoms with E-state index in [2.05, 4.69) is 54.8 Å². The van der Waals surface area contributed by atoms with Gasteiger partial charge >= 0.3 is 15.6 Å². The van der Waals surface area contributed by atoms with Crippen molar-refractivity contribution < 1.29 is 37.4 Å². The minimum Gasteiger partial charge on any atom is -0.496 e. The van der Waals surface area contributed by atoms with Gasteiger partial charge in [-0.05, 0) is 85.6 Å².